The molecule has 0 aliphatic carbocycles. The lowest BCUT2D eigenvalue weighted by molar-refractivity contribution is -0.670. The zero-order valence-corrected chi connectivity index (χ0v) is 6.23. The largest absolute Gasteiger partial charge is 1.00 e. The number of hydrogen-bond acceptors (Lipinski definition) is 2. The Balaban J connectivity index is 0.000000810. The second-order valence-electron chi connectivity index (χ2n) is 1.76. The Labute approximate surface area is 64.8 Å². The lowest BCUT2D eigenvalue weighted by Gasteiger charge is -1.75. The third-order valence-electron chi connectivity index (χ3n) is 0.974. The molecule has 0 spiro atoms. The van der Waals surface area contributed by atoms with E-state index in [-0.39, 0.29) is 12.4 Å². The molecule has 1 N–H and O–H groups in total. The van der Waals surface area contributed by atoms with Gasteiger partial charge in [-0.1, -0.05) is 5.16 Å². The second kappa shape index (κ2) is 3.90. The number of imidazole rings is 1. The average Bonchev–Trinajstić information content (AvgIpc) is 2.17. The van der Waals surface area contributed by atoms with Gasteiger partial charge in [-0.3, -0.25) is 0 Å². The Bertz CT molecular complexity index is 220. The highest BCUT2D eigenvalue weighted by molar-refractivity contribution is 5.56. The van der Waals surface area contributed by atoms with E-state index in [1.54, 1.807) is 17.1 Å². The Kier molecular flexibility index (Phi) is 3.49. The van der Waals surface area contributed by atoms with Crippen LogP contribution >= 0.6 is 0 Å². The van der Waals surface area contributed by atoms with Gasteiger partial charge in [0.05, 0.1) is 7.05 Å². The summed E-state index contributed by atoms with van der Waals surface area (Å²) in [5.41, 5.74) is 0. The van der Waals surface area contributed by atoms with Crippen molar-refractivity contribution < 1.29 is 22.2 Å². The predicted octanol–water partition coefficient (Wildman–Crippen LogP) is -3.42. The van der Waals surface area contributed by atoms with Gasteiger partial charge in [-0.05, 0) is 0 Å². The highest BCUT2D eigenvalue weighted by Crippen LogP contribution is 1.74. The molecule has 5 heteroatoms. The van der Waals surface area contributed by atoms with Crippen LogP contribution in [0.15, 0.2) is 23.9 Å². The molecule has 0 bridgehead atoms. The van der Waals surface area contributed by atoms with Gasteiger partial charge in [0.25, 0.3) is 0 Å². The van der Waals surface area contributed by atoms with Crippen LogP contribution in [0.25, 0.3) is 0 Å². The molecule has 1 rings (SSSR count). The molecule has 0 radical (unpaired) electrons. The molecule has 4 nitrogen and oxygen atoms in total. The molecule has 0 fully saturated rings. The van der Waals surface area contributed by atoms with E-state index < -0.39 is 0 Å². The molecule has 0 unspecified atom stereocenters. The number of rotatable bonds is 1. The van der Waals surface area contributed by atoms with E-state index >= 15 is 0 Å². The number of oxime groups is 1. The Morgan fingerprint density at radius 2 is 2.40 bits per heavy atom. The van der Waals surface area contributed by atoms with E-state index in [9.17, 15) is 0 Å². The highest BCUT2D eigenvalue weighted by Gasteiger charge is 1.92. The summed E-state index contributed by atoms with van der Waals surface area (Å²) in [6.45, 7) is 0. The van der Waals surface area contributed by atoms with Crippen molar-refractivity contribution in [2.75, 3.05) is 0 Å². The lowest BCUT2D eigenvalue weighted by Crippen LogP contribution is -3.00. The van der Waals surface area contributed by atoms with Crippen LogP contribution in [0.4, 0.5) is 0 Å². The van der Waals surface area contributed by atoms with Crippen molar-refractivity contribution in [1.82, 2.24) is 4.57 Å². The quantitative estimate of drug-likeness (QED) is 0.151. The molecule has 56 valence electrons. The summed E-state index contributed by atoms with van der Waals surface area (Å²) in [5.74, 6) is 0. The average molecular weight is 162 g/mol. The zero-order chi connectivity index (χ0) is 6.69. The minimum atomic E-state index is 0. The van der Waals surface area contributed by atoms with Gasteiger partial charge in [0.15, 0.2) is 0 Å². The fraction of sp³-hybridized carbons (Fsp3) is 0.200. The van der Waals surface area contributed by atoms with Gasteiger partial charge in [0.1, 0.15) is 12.4 Å². The standard InChI is InChI=1S/C5H7N3O.ClH/c1-7-2-3-8(5-7)4-6-9;/h2-5H,1H3;1H. The van der Waals surface area contributed by atoms with Crippen molar-refractivity contribution in [2.24, 2.45) is 12.2 Å². The van der Waals surface area contributed by atoms with Gasteiger partial charge in [0, 0.05) is 0 Å². The van der Waals surface area contributed by atoms with Crippen molar-refractivity contribution in [2.45, 2.75) is 0 Å². The fourth-order valence-electron chi connectivity index (χ4n) is 0.597. The van der Waals surface area contributed by atoms with E-state index in [0.29, 0.717) is 0 Å². The van der Waals surface area contributed by atoms with E-state index in [1.807, 2.05) is 17.8 Å². The number of halogens is 1. The van der Waals surface area contributed by atoms with Crippen LogP contribution < -0.4 is 17.0 Å². The van der Waals surface area contributed by atoms with Crippen LogP contribution in [0.5, 0.6) is 0 Å². The van der Waals surface area contributed by atoms with Crippen molar-refractivity contribution >= 4 is 6.34 Å². The third kappa shape index (κ3) is 2.06. The molecule has 0 aliphatic heterocycles. The summed E-state index contributed by atoms with van der Waals surface area (Å²) in [7, 11) is 1.89. The SMILES string of the molecule is C[n+]1ccn(C=NO)c1.[Cl-]. The molecule has 1 aromatic rings. The zero-order valence-electron chi connectivity index (χ0n) is 5.48. The molecule has 0 amide bonds. The molecule has 0 atom stereocenters. The predicted molar refractivity (Wildman–Crippen MR) is 31.3 cm³/mol. The van der Waals surface area contributed by atoms with Gasteiger partial charge < -0.3 is 17.6 Å². The smallest absolute Gasteiger partial charge is 0.249 e. The third-order valence-corrected chi connectivity index (χ3v) is 0.974. The summed E-state index contributed by atoms with van der Waals surface area (Å²) in [6.07, 6.45) is 6.71. The van der Waals surface area contributed by atoms with Crippen LogP contribution in [0.3, 0.4) is 0 Å². The van der Waals surface area contributed by atoms with Gasteiger partial charge in [-0.15, -0.1) is 0 Å². The summed E-state index contributed by atoms with van der Waals surface area (Å²) >= 11 is 0. The van der Waals surface area contributed by atoms with E-state index in [2.05, 4.69) is 5.16 Å². The molecule has 10 heavy (non-hydrogen) atoms. The normalized spacial score (nSPS) is 9.70. The lowest BCUT2D eigenvalue weighted by atomic mass is 10.9. The van der Waals surface area contributed by atoms with Crippen LogP contribution in [0.1, 0.15) is 0 Å². The first-order valence-electron chi connectivity index (χ1n) is 2.53. The van der Waals surface area contributed by atoms with E-state index in [0.717, 1.165) is 0 Å². The number of nitrogens with zero attached hydrogens (tertiary/aromatic N) is 3. The van der Waals surface area contributed by atoms with Crippen molar-refractivity contribution in [3.05, 3.63) is 18.7 Å². The van der Waals surface area contributed by atoms with Crippen LogP contribution in [0, 0.1) is 0 Å². The van der Waals surface area contributed by atoms with Gasteiger partial charge in [-0.2, -0.15) is 4.57 Å². The molecule has 1 heterocycles. The van der Waals surface area contributed by atoms with Crippen molar-refractivity contribution in [3.8, 4) is 0 Å². The van der Waals surface area contributed by atoms with Crippen LogP contribution in [0.2, 0.25) is 0 Å². The molecule has 1 aromatic heterocycles. The van der Waals surface area contributed by atoms with Crippen LogP contribution in [-0.2, 0) is 7.05 Å². The maximum absolute atomic E-state index is 8.07. The van der Waals surface area contributed by atoms with Gasteiger partial charge in [-0.25, -0.2) is 4.57 Å². The Hall–Kier alpha value is -1.03. The maximum Gasteiger partial charge on any atom is 0.249 e. The molecule has 0 aliphatic rings. The fourth-order valence-corrected chi connectivity index (χ4v) is 0.597. The number of hydrogen-bond donors (Lipinski definition) is 1. The monoisotopic (exact) mass is 161 g/mol. The molecular weight excluding hydrogens is 154 g/mol. The van der Waals surface area contributed by atoms with Gasteiger partial charge in [0.2, 0.25) is 12.7 Å². The summed E-state index contributed by atoms with van der Waals surface area (Å²) in [6, 6.07) is 0. The van der Waals surface area contributed by atoms with Crippen LogP contribution in [-0.4, -0.2) is 16.1 Å². The molecule has 0 aromatic carbocycles. The highest BCUT2D eigenvalue weighted by atomic mass is 35.5. The Morgan fingerprint density at radius 3 is 2.80 bits per heavy atom. The summed E-state index contributed by atoms with van der Waals surface area (Å²) < 4.78 is 3.49. The number of aryl methyl sites for hydroxylation is 1. The minimum absolute atomic E-state index is 0. The van der Waals surface area contributed by atoms with Crippen molar-refractivity contribution in [1.29, 1.82) is 0 Å². The van der Waals surface area contributed by atoms with E-state index in [4.69, 9.17) is 5.21 Å². The first kappa shape index (κ1) is 8.97. The summed E-state index contributed by atoms with van der Waals surface area (Å²) in [4.78, 5) is 0. The van der Waals surface area contributed by atoms with Crippen molar-refractivity contribution in [3.63, 3.8) is 0 Å². The summed E-state index contributed by atoms with van der Waals surface area (Å²) in [5, 5.41) is 10.9. The van der Waals surface area contributed by atoms with E-state index in [1.165, 1.54) is 6.34 Å². The first-order valence-corrected chi connectivity index (χ1v) is 2.53. The Morgan fingerprint density at radius 1 is 1.70 bits per heavy atom. The number of aromatic nitrogens is 2. The van der Waals surface area contributed by atoms with Gasteiger partial charge >= 0.3 is 0 Å². The second-order valence-corrected chi connectivity index (χ2v) is 1.76. The maximum atomic E-state index is 8.07. The topological polar surface area (TPSA) is 41.4 Å². The molecular formula is C5H8ClN3O. The first-order chi connectivity index (χ1) is 4.33. The minimum Gasteiger partial charge on any atom is -1.00 e. The molecule has 0 saturated carbocycles. The molecule has 0 saturated heterocycles.